The number of carbonyl (C=O) groups excluding carboxylic acids is 1. The summed E-state index contributed by atoms with van der Waals surface area (Å²) >= 11 is 1.79. The summed E-state index contributed by atoms with van der Waals surface area (Å²) in [5, 5.41) is 13.1. The highest BCUT2D eigenvalue weighted by Gasteiger charge is 2.22. The van der Waals surface area contributed by atoms with E-state index in [1.165, 1.54) is 4.88 Å². The van der Waals surface area contributed by atoms with Crippen LogP contribution >= 0.6 is 11.3 Å². The van der Waals surface area contributed by atoms with Gasteiger partial charge in [0.2, 0.25) is 0 Å². The van der Waals surface area contributed by atoms with E-state index in [1.807, 2.05) is 23.4 Å². The van der Waals surface area contributed by atoms with E-state index in [2.05, 4.69) is 37.9 Å². The topological polar surface area (TPSA) is 66.3 Å². The first-order valence-electron chi connectivity index (χ1n) is 8.27. The fraction of sp³-hybridized carbons (Fsp3) is 0.562. The Morgan fingerprint density at radius 1 is 1.38 bits per heavy atom. The van der Waals surface area contributed by atoms with Gasteiger partial charge in [-0.25, -0.2) is 4.79 Å². The zero-order valence-electron chi connectivity index (χ0n) is 14.2. The Balaban J connectivity index is 1.51. The molecule has 130 valence electrons. The molecule has 2 aromatic rings. The average molecular weight is 348 g/mol. The first-order valence-corrected chi connectivity index (χ1v) is 9.15. The van der Waals surface area contributed by atoms with E-state index in [4.69, 9.17) is 0 Å². The number of amides is 2. The second-order valence-electron chi connectivity index (χ2n) is 6.17. The van der Waals surface area contributed by atoms with Crippen molar-refractivity contribution in [2.45, 2.75) is 25.9 Å². The number of aryl methyl sites for hydroxylation is 1. The second-order valence-corrected chi connectivity index (χ2v) is 7.20. The van der Waals surface area contributed by atoms with Crippen LogP contribution in [-0.4, -0.2) is 56.8 Å². The fourth-order valence-electron chi connectivity index (χ4n) is 2.98. The van der Waals surface area contributed by atoms with E-state index in [9.17, 15) is 4.79 Å². The lowest BCUT2D eigenvalue weighted by molar-refractivity contribution is 0.194. The summed E-state index contributed by atoms with van der Waals surface area (Å²) in [6, 6.07) is 4.08. The first-order chi connectivity index (χ1) is 11.6. The molecule has 0 aliphatic carbocycles. The van der Waals surface area contributed by atoms with Crippen molar-refractivity contribution in [3.8, 4) is 0 Å². The summed E-state index contributed by atoms with van der Waals surface area (Å²) in [5.41, 5.74) is 0. The highest BCUT2D eigenvalue weighted by molar-refractivity contribution is 7.09. The standard InChI is InChI=1S/C16H24N6OS/c1-13(15-19-17-12-20(15)2)18-16(23)22-7-4-6-21(8-9-22)11-14-5-3-10-24-14/h3,5,10,12-13H,4,6-9,11H2,1-2H3,(H,18,23)/t13-/m1/s1. The molecule has 2 aromatic heterocycles. The van der Waals surface area contributed by atoms with Crippen molar-refractivity contribution < 1.29 is 4.79 Å². The summed E-state index contributed by atoms with van der Waals surface area (Å²) in [5.74, 6) is 0.762. The molecule has 1 atom stereocenters. The Morgan fingerprint density at radius 2 is 2.25 bits per heavy atom. The second kappa shape index (κ2) is 7.76. The molecule has 8 heteroatoms. The Bertz CT molecular complexity index is 655. The monoisotopic (exact) mass is 348 g/mol. The molecule has 1 aliphatic rings. The van der Waals surface area contributed by atoms with E-state index < -0.39 is 0 Å². The number of rotatable bonds is 4. The van der Waals surface area contributed by atoms with E-state index in [-0.39, 0.29) is 12.1 Å². The molecule has 0 unspecified atom stereocenters. The van der Waals surface area contributed by atoms with Gasteiger partial charge in [-0.2, -0.15) is 0 Å². The third kappa shape index (κ3) is 4.12. The van der Waals surface area contributed by atoms with Gasteiger partial charge in [-0.05, 0) is 24.8 Å². The van der Waals surface area contributed by atoms with Crippen LogP contribution in [0.15, 0.2) is 23.8 Å². The highest BCUT2D eigenvalue weighted by Crippen LogP contribution is 2.14. The number of urea groups is 1. The molecular weight excluding hydrogens is 324 g/mol. The van der Waals surface area contributed by atoms with Crippen LogP contribution in [-0.2, 0) is 13.6 Å². The van der Waals surface area contributed by atoms with Gasteiger partial charge in [0, 0.05) is 44.6 Å². The Hall–Kier alpha value is -1.93. The first kappa shape index (κ1) is 16.9. The molecule has 0 spiro atoms. The molecule has 2 amide bonds. The highest BCUT2D eigenvalue weighted by atomic mass is 32.1. The summed E-state index contributed by atoms with van der Waals surface area (Å²) in [6.45, 7) is 6.39. The smallest absolute Gasteiger partial charge is 0.318 e. The van der Waals surface area contributed by atoms with Crippen molar-refractivity contribution in [3.05, 3.63) is 34.5 Å². The summed E-state index contributed by atoms with van der Waals surface area (Å²) < 4.78 is 1.83. The number of thiophene rings is 1. The van der Waals surface area contributed by atoms with Gasteiger partial charge in [0.15, 0.2) is 5.82 Å². The molecule has 1 fully saturated rings. The van der Waals surface area contributed by atoms with Gasteiger partial charge in [-0.3, -0.25) is 4.90 Å². The molecule has 1 aliphatic heterocycles. The molecular formula is C16H24N6OS. The maximum absolute atomic E-state index is 12.5. The van der Waals surface area contributed by atoms with E-state index in [0.717, 1.165) is 45.0 Å². The van der Waals surface area contributed by atoms with Crippen LogP contribution in [0.2, 0.25) is 0 Å². The third-order valence-electron chi connectivity index (χ3n) is 4.31. The maximum Gasteiger partial charge on any atom is 0.318 e. The number of aromatic nitrogens is 3. The summed E-state index contributed by atoms with van der Waals surface area (Å²) in [4.78, 5) is 18.2. The minimum atomic E-state index is -0.157. The number of hydrogen-bond donors (Lipinski definition) is 1. The molecule has 0 saturated carbocycles. The minimum Gasteiger partial charge on any atom is -0.328 e. The average Bonchev–Trinajstić information content (AvgIpc) is 3.15. The van der Waals surface area contributed by atoms with Crippen LogP contribution < -0.4 is 5.32 Å². The van der Waals surface area contributed by atoms with Crippen LogP contribution in [0.1, 0.15) is 30.1 Å². The van der Waals surface area contributed by atoms with Crippen LogP contribution in [0.25, 0.3) is 0 Å². The van der Waals surface area contributed by atoms with Gasteiger partial charge < -0.3 is 14.8 Å². The number of hydrogen-bond acceptors (Lipinski definition) is 5. The molecule has 1 saturated heterocycles. The third-order valence-corrected chi connectivity index (χ3v) is 5.17. The zero-order chi connectivity index (χ0) is 16.9. The van der Waals surface area contributed by atoms with Gasteiger partial charge in [0.1, 0.15) is 6.33 Å². The molecule has 0 radical (unpaired) electrons. The molecule has 7 nitrogen and oxygen atoms in total. The van der Waals surface area contributed by atoms with Gasteiger partial charge in [-0.15, -0.1) is 21.5 Å². The SMILES string of the molecule is C[C@@H](NC(=O)N1CCCN(Cc2cccs2)CC1)c1nncn1C. The zero-order valence-corrected chi connectivity index (χ0v) is 15.0. The number of carbonyl (C=O) groups is 1. The van der Waals surface area contributed by atoms with Crippen LogP contribution in [0.3, 0.4) is 0 Å². The number of nitrogens with one attached hydrogen (secondary N) is 1. The molecule has 1 N–H and O–H groups in total. The molecule has 3 rings (SSSR count). The Morgan fingerprint density at radius 3 is 2.96 bits per heavy atom. The van der Waals surface area contributed by atoms with Crippen molar-refractivity contribution in [1.82, 2.24) is 29.9 Å². The van der Waals surface area contributed by atoms with Crippen LogP contribution in [0.5, 0.6) is 0 Å². The van der Waals surface area contributed by atoms with E-state index in [0.29, 0.717) is 0 Å². The lowest BCUT2D eigenvalue weighted by Gasteiger charge is -2.24. The number of nitrogens with zero attached hydrogens (tertiary/aromatic N) is 5. The predicted molar refractivity (Wildman–Crippen MR) is 93.7 cm³/mol. The lowest BCUT2D eigenvalue weighted by Crippen LogP contribution is -2.43. The van der Waals surface area contributed by atoms with Crippen LogP contribution in [0, 0.1) is 0 Å². The molecule has 0 bridgehead atoms. The fourth-order valence-corrected chi connectivity index (χ4v) is 3.73. The van der Waals surface area contributed by atoms with E-state index in [1.54, 1.807) is 17.7 Å². The molecule has 3 heterocycles. The minimum absolute atomic E-state index is 0.0246. The van der Waals surface area contributed by atoms with Gasteiger partial charge in [-0.1, -0.05) is 6.07 Å². The van der Waals surface area contributed by atoms with Crippen molar-refractivity contribution >= 4 is 17.4 Å². The Labute approximate surface area is 146 Å². The predicted octanol–water partition coefficient (Wildman–Crippen LogP) is 1.86. The normalized spacial score (nSPS) is 17.5. The van der Waals surface area contributed by atoms with Crippen molar-refractivity contribution in [2.75, 3.05) is 26.2 Å². The lowest BCUT2D eigenvalue weighted by atomic mass is 10.3. The van der Waals surface area contributed by atoms with Gasteiger partial charge >= 0.3 is 6.03 Å². The summed E-state index contributed by atoms with van der Waals surface area (Å²) in [7, 11) is 1.88. The quantitative estimate of drug-likeness (QED) is 0.916. The largest absolute Gasteiger partial charge is 0.328 e. The van der Waals surface area contributed by atoms with Crippen LogP contribution in [0.4, 0.5) is 4.79 Å². The molecule has 0 aromatic carbocycles. The van der Waals surface area contributed by atoms with Crippen molar-refractivity contribution in [1.29, 1.82) is 0 Å². The molecule has 24 heavy (non-hydrogen) atoms. The van der Waals surface area contributed by atoms with E-state index >= 15 is 0 Å². The van der Waals surface area contributed by atoms with Gasteiger partial charge in [0.25, 0.3) is 0 Å². The van der Waals surface area contributed by atoms with Gasteiger partial charge in [0.05, 0.1) is 6.04 Å². The van der Waals surface area contributed by atoms with Crippen molar-refractivity contribution in [2.24, 2.45) is 7.05 Å². The van der Waals surface area contributed by atoms with Crippen molar-refractivity contribution in [3.63, 3.8) is 0 Å². The maximum atomic E-state index is 12.5. The Kier molecular flexibility index (Phi) is 5.47. The summed E-state index contributed by atoms with van der Waals surface area (Å²) in [6.07, 6.45) is 2.64.